The van der Waals surface area contributed by atoms with Gasteiger partial charge in [0.05, 0.1) is 16.8 Å². The van der Waals surface area contributed by atoms with Crippen molar-refractivity contribution in [1.29, 1.82) is 5.26 Å². The van der Waals surface area contributed by atoms with Crippen LogP contribution in [0.25, 0.3) is 10.9 Å². The summed E-state index contributed by atoms with van der Waals surface area (Å²) in [6.07, 6.45) is 7.14. The van der Waals surface area contributed by atoms with Gasteiger partial charge in [0, 0.05) is 28.9 Å². The minimum absolute atomic E-state index is 0.0481. The monoisotopic (exact) mass is 430 g/mol. The molecule has 0 atom stereocenters. The first kappa shape index (κ1) is 21.3. The van der Waals surface area contributed by atoms with E-state index in [-0.39, 0.29) is 5.91 Å². The van der Waals surface area contributed by atoms with Gasteiger partial charge >= 0.3 is 0 Å². The standard InChI is InChI=1S/C25H26N4OS/c1-17-14-23(20-9-6-7-11-22(20)27-17)28-24(30)12-13-31-25-19(16-26)15-18-8-4-2-3-5-10-21(18)29-25/h6-7,9,11,14-15H,2-5,8,10,12-13H2,1H3,(H,27,28,30). The predicted molar refractivity (Wildman–Crippen MR) is 125 cm³/mol. The van der Waals surface area contributed by atoms with Gasteiger partial charge in [-0.05, 0) is 56.4 Å². The quantitative estimate of drug-likeness (QED) is 0.534. The molecule has 1 amide bonds. The van der Waals surface area contributed by atoms with Gasteiger partial charge in [0.25, 0.3) is 0 Å². The van der Waals surface area contributed by atoms with Gasteiger partial charge in [-0.15, -0.1) is 11.8 Å². The normalized spacial score (nSPS) is 13.7. The number of aromatic nitrogens is 2. The van der Waals surface area contributed by atoms with E-state index >= 15 is 0 Å². The van der Waals surface area contributed by atoms with Crippen LogP contribution in [0, 0.1) is 18.3 Å². The van der Waals surface area contributed by atoms with Gasteiger partial charge < -0.3 is 5.32 Å². The van der Waals surface area contributed by atoms with Crippen molar-refractivity contribution in [3.8, 4) is 6.07 Å². The summed E-state index contributed by atoms with van der Waals surface area (Å²) in [6.45, 7) is 1.92. The molecule has 1 aliphatic carbocycles. The molecule has 3 aromatic rings. The zero-order valence-corrected chi connectivity index (χ0v) is 18.6. The Labute approximate surface area is 187 Å². The summed E-state index contributed by atoms with van der Waals surface area (Å²) in [5.74, 6) is 0.530. The van der Waals surface area contributed by atoms with E-state index in [1.165, 1.54) is 30.2 Å². The Kier molecular flexibility index (Phi) is 6.83. The lowest BCUT2D eigenvalue weighted by molar-refractivity contribution is -0.115. The molecule has 0 fully saturated rings. The number of fused-ring (bicyclic) bond motifs is 2. The number of hydrogen-bond donors (Lipinski definition) is 1. The number of thioether (sulfide) groups is 1. The van der Waals surface area contributed by atoms with Gasteiger partial charge in [0.2, 0.25) is 5.91 Å². The molecule has 31 heavy (non-hydrogen) atoms. The molecule has 0 spiro atoms. The minimum Gasteiger partial charge on any atom is -0.325 e. The van der Waals surface area contributed by atoms with Crippen molar-refractivity contribution in [1.82, 2.24) is 9.97 Å². The van der Waals surface area contributed by atoms with E-state index in [2.05, 4.69) is 16.4 Å². The first-order valence-electron chi connectivity index (χ1n) is 10.9. The maximum Gasteiger partial charge on any atom is 0.225 e. The van der Waals surface area contributed by atoms with Crippen molar-refractivity contribution < 1.29 is 4.79 Å². The topological polar surface area (TPSA) is 78.7 Å². The lowest BCUT2D eigenvalue weighted by Crippen LogP contribution is -2.13. The number of nitriles is 1. The second-order valence-corrected chi connectivity index (χ2v) is 9.03. The molecule has 0 aliphatic heterocycles. The van der Waals surface area contributed by atoms with E-state index in [1.807, 2.05) is 43.3 Å². The molecule has 4 rings (SSSR count). The Balaban J connectivity index is 1.42. The Morgan fingerprint density at radius 2 is 1.94 bits per heavy atom. The number of pyridine rings is 2. The van der Waals surface area contributed by atoms with E-state index in [9.17, 15) is 10.1 Å². The molecule has 1 aromatic carbocycles. The van der Waals surface area contributed by atoms with Gasteiger partial charge in [-0.3, -0.25) is 9.78 Å². The predicted octanol–water partition coefficient (Wildman–Crippen LogP) is 5.59. The number of nitrogens with one attached hydrogen (secondary N) is 1. The SMILES string of the molecule is Cc1cc(NC(=O)CCSc2nc3c(cc2C#N)CCCCCC3)c2ccccc2n1. The Hall–Kier alpha value is -2.91. The van der Waals surface area contributed by atoms with Crippen LogP contribution >= 0.6 is 11.8 Å². The van der Waals surface area contributed by atoms with E-state index in [0.29, 0.717) is 17.7 Å². The number of aryl methyl sites for hydroxylation is 3. The van der Waals surface area contributed by atoms with Crippen molar-refractivity contribution in [2.24, 2.45) is 0 Å². The average Bonchev–Trinajstić information content (AvgIpc) is 2.74. The van der Waals surface area contributed by atoms with Crippen LogP contribution in [0.2, 0.25) is 0 Å². The van der Waals surface area contributed by atoms with Gasteiger partial charge in [0.15, 0.2) is 0 Å². The maximum absolute atomic E-state index is 12.6. The number of anilines is 1. The number of amides is 1. The van der Waals surface area contributed by atoms with Crippen LogP contribution in [-0.4, -0.2) is 21.6 Å². The molecule has 158 valence electrons. The molecule has 0 bridgehead atoms. The van der Waals surface area contributed by atoms with Gasteiger partial charge in [-0.2, -0.15) is 5.26 Å². The number of para-hydroxylation sites is 1. The second-order valence-electron chi connectivity index (χ2n) is 7.95. The number of hydrogen-bond acceptors (Lipinski definition) is 5. The van der Waals surface area contributed by atoms with Gasteiger partial charge in [0.1, 0.15) is 11.1 Å². The highest BCUT2D eigenvalue weighted by Gasteiger charge is 2.15. The van der Waals surface area contributed by atoms with Crippen LogP contribution in [0.15, 0.2) is 41.4 Å². The van der Waals surface area contributed by atoms with Crippen LogP contribution in [0.4, 0.5) is 5.69 Å². The lowest BCUT2D eigenvalue weighted by Gasteiger charge is -2.15. The average molecular weight is 431 g/mol. The molecule has 0 saturated carbocycles. The summed E-state index contributed by atoms with van der Waals surface area (Å²) < 4.78 is 0. The second kappa shape index (κ2) is 9.93. The molecule has 1 aliphatic rings. The van der Waals surface area contributed by atoms with Crippen molar-refractivity contribution >= 4 is 34.3 Å². The Bertz CT molecular complexity index is 1150. The molecule has 1 N–H and O–H groups in total. The van der Waals surface area contributed by atoms with Crippen molar-refractivity contribution in [3.63, 3.8) is 0 Å². The highest BCUT2D eigenvalue weighted by molar-refractivity contribution is 7.99. The van der Waals surface area contributed by atoms with Gasteiger partial charge in [-0.1, -0.05) is 31.0 Å². The highest BCUT2D eigenvalue weighted by Crippen LogP contribution is 2.28. The summed E-state index contributed by atoms with van der Waals surface area (Å²) in [7, 11) is 0. The van der Waals surface area contributed by atoms with Crippen LogP contribution in [0.5, 0.6) is 0 Å². The number of carbonyl (C=O) groups excluding carboxylic acids is 1. The van der Waals surface area contributed by atoms with Gasteiger partial charge in [-0.25, -0.2) is 4.98 Å². The van der Waals surface area contributed by atoms with E-state index < -0.39 is 0 Å². The van der Waals surface area contributed by atoms with Crippen LogP contribution in [0.3, 0.4) is 0 Å². The number of benzene rings is 1. The van der Waals surface area contributed by atoms with Crippen LogP contribution in [0.1, 0.15) is 54.6 Å². The molecule has 5 nitrogen and oxygen atoms in total. The molecule has 2 heterocycles. The molecule has 0 unspecified atom stereocenters. The smallest absolute Gasteiger partial charge is 0.225 e. The maximum atomic E-state index is 12.6. The first-order valence-corrected chi connectivity index (χ1v) is 11.8. The molecular formula is C25H26N4OS. The third kappa shape index (κ3) is 5.23. The summed E-state index contributed by atoms with van der Waals surface area (Å²) in [5, 5.41) is 14.3. The number of nitrogens with zero attached hydrogens (tertiary/aromatic N) is 3. The zero-order chi connectivity index (χ0) is 21.6. The zero-order valence-electron chi connectivity index (χ0n) is 17.8. The highest BCUT2D eigenvalue weighted by atomic mass is 32.2. The van der Waals surface area contributed by atoms with E-state index in [4.69, 9.17) is 4.98 Å². The molecule has 0 saturated heterocycles. The summed E-state index contributed by atoms with van der Waals surface area (Å²) >= 11 is 1.50. The number of carbonyl (C=O) groups is 1. The Morgan fingerprint density at radius 3 is 2.77 bits per heavy atom. The van der Waals surface area contributed by atoms with E-state index in [0.717, 1.165) is 58.7 Å². The lowest BCUT2D eigenvalue weighted by atomic mass is 9.96. The summed E-state index contributed by atoms with van der Waals surface area (Å²) in [6, 6.07) is 14.0. The molecule has 0 radical (unpaired) electrons. The first-order chi connectivity index (χ1) is 15.1. The van der Waals surface area contributed by atoms with Crippen LogP contribution < -0.4 is 5.32 Å². The fourth-order valence-electron chi connectivity index (χ4n) is 4.02. The van der Waals surface area contributed by atoms with Crippen molar-refractivity contribution in [3.05, 3.63) is 58.9 Å². The fraction of sp³-hybridized carbons (Fsp3) is 0.360. The van der Waals surface area contributed by atoms with Crippen molar-refractivity contribution in [2.75, 3.05) is 11.1 Å². The van der Waals surface area contributed by atoms with Crippen molar-refractivity contribution in [2.45, 2.75) is 56.9 Å². The molecule has 6 heteroatoms. The minimum atomic E-state index is -0.0481. The summed E-state index contributed by atoms with van der Waals surface area (Å²) in [4.78, 5) is 21.9. The third-order valence-electron chi connectivity index (χ3n) is 5.57. The van der Waals surface area contributed by atoms with Crippen LogP contribution in [-0.2, 0) is 17.6 Å². The number of rotatable bonds is 5. The molecule has 2 aromatic heterocycles. The largest absolute Gasteiger partial charge is 0.325 e. The molecular weight excluding hydrogens is 404 g/mol. The summed E-state index contributed by atoms with van der Waals surface area (Å²) in [5.41, 5.74) is 5.50. The van der Waals surface area contributed by atoms with E-state index in [1.54, 1.807) is 0 Å². The Morgan fingerprint density at radius 1 is 1.13 bits per heavy atom. The fourth-order valence-corrected chi connectivity index (χ4v) is 4.94. The third-order valence-corrected chi connectivity index (χ3v) is 6.57.